The fraction of sp³-hybridized carbons (Fsp3) is 0.217. The zero-order valence-electron chi connectivity index (χ0n) is 16.8. The summed E-state index contributed by atoms with van der Waals surface area (Å²) in [6.45, 7) is 2.37. The molecule has 1 amide bonds. The minimum atomic E-state index is -0.477. The molecule has 31 heavy (non-hydrogen) atoms. The van der Waals surface area contributed by atoms with Crippen molar-refractivity contribution in [3.8, 4) is 16.9 Å². The summed E-state index contributed by atoms with van der Waals surface area (Å²) in [4.78, 5) is 25.0. The highest BCUT2D eigenvalue weighted by molar-refractivity contribution is 7.15. The molecule has 0 aliphatic rings. The molecule has 0 fully saturated rings. The molecule has 0 unspecified atom stereocenters. The molecular weight excluding hydrogens is 457 g/mol. The molecule has 0 saturated heterocycles. The van der Waals surface area contributed by atoms with Gasteiger partial charge in [0, 0.05) is 27.4 Å². The van der Waals surface area contributed by atoms with Gasteiger partial charge < -0.3 is 14.8 Å². The first-order valence-electron chi connectivity index (χ1n) is 9.70. The molecule has 8 heteroatoms. The number of rotatable bonds is 9. The van der Waals surface area contributed by atoms with E-state index in [2.05, 4.69) is 5.32 Å². The van der Waals surface area contributed by atoms with E-state index in [1.807, 2.05) is 17.5 Å². The van der Waals surface area contributed by atoms with Crippen molar-refractivity contribution in [2.45, 2.75) is 19.8 Å². The predicted molar refractivity (Wildman–Crippen MR) is 126 cm³/mol. The van der Waals surface area contributed by atoms with Gasteiger partial charge in [-0.3, -0.25) is 4.79 Å². The van der Waals surface area contributed by atoms with Crippen LogP contribution in [0.2, 0.25) is 10.0 Å². The Bertz CT molecular complexity index is 1030. The first-order chi connectivity index (χ1) is 15.0. The Labute approximate surface area is 194 Å². The Morgan fingerprint density at radius 2 is 1.65 bits per heavy atom. The molecular formula is C23H21Cl2NO4S. The van der Waals surface area contributed by atoms with Gasteiger partial charge in [0.2, 0.25) is 5.91 Å². The quantitative estimate of drug-likeness (QED) is 0.275. The van der Waals surface area contributed by atoms with Gasteiger partial charge >= 0.3 is 5.97 Å². The number of anilines is 1. The van der Waals surface area contributed by atoms with Crippen LogP contribution in [0.3, 0.4) is 0 Å². The van der Waals surface area contributed by atoms with Crippen molar-refractivity contribution in [1.82, 2.24) is 0 Å². The number of ether oxygens (including phenoxy) is 2. The standard InChI is InChI=1S/C23H21Cl2NO4S/c1-2-29-23(28)21-19(15-5-7-16(24)8-6-15)14-31-22(21)26-20(27)4-3-13-30-18-11-9-17(25)10-12-18/h5-12,14H,2-4,13H2,1H3,(H,26,27). The van der Waals surface area contributed by atoms with Crippen molar-refractivity contribution in [2.24, 2.45) is 0 Å². The van der Waals surface area contributed by atoms with Crippen molar-refractivity contribution >= 4 is 51.4 Å². The number of carbonyl (C=O) groups is 2. The van der Waals surface area contributed by atoms with Gasteiger partial charge in [0.1, 0.15) is 16.3 Å². The van der Waals surface area contributed by atoms with Crippen molar-refractivity contribution in [3.05, 3.63) is 69.5 Å². The summed E-state index contributed by atoms with van der Waals surface area (Å²) in [5, 5.41) is 6.37. The van der Waals surface area contributed by atoms with Gasteiger partial charge in [0.25, 0.3) is 0 Å². The minimum Gasteiger partial charge on any atom is -0.494 e. The molecule has 5 nitrogen and oxygen atoms in total. The summed E-state index contributed by atoms with van der Waals surface area (Å²) in [6, 6.07) is 14.2. The SMILES string of the molecule is CCOC(=O)c1c(-c2ccc(Cl)cc2)csc1NC(=O)CCCOc1ccc(Cl)cc1. The molecule has 0 saturated carbocycles. The van der Waals surface area contributed by atoms with E-state index in [0.29, 0.717) is 45.0 Å². The monoisotopic (exact) mass is 477 g/mol. The molecule has 0 radical (unpaired) electrons. The van der Waals surface area contributed by atoms with E-state index < -0.39 is 5.97 Å². The van der Waals surface area contributed by atoms with Crippen LogP contribution < -0.4 is 10.1 Å². The van der Waals surface area contributed by atoms with E-state index in [9.17, 15) is 9.59 Å². The van der Waals surface area contributed by atoms with Gasteiger partial charge in [-0.2, -0.15) is 0 Å². The molecule has 162 valence electrons. The zero-order valence-corrected chi connectivity index (χ0v) is 19.2. The van der Waals surface area contributed by atoms with Crippen LogP contribution >= 0.6 is 34.5 Å². The maximum absolute atomic E-state index is 12.6. The van der Waals surface area contributed by atoms with Crippen LogP contribution in [0, 0.1) is 0 Å². The van der Waals surface area contributed by atoms with Gasteiger partial charge in [-0.1, -0.05) is 35.3 Å². The first kappa shape index (κ1) is 23.1. The minimum absolute atomic E-state index is 0.199. The maximum atomic E-state index is 12.6. The third kappa shape index (κ3) is 6.47. The largest absolute Gasteiger partial charge is 0.494 e. The molecule has 2 aromatic carbocycles. The van der Waals surface area contributed by atoms with Crippen LogP contribution in [0.4, 0.5) is 5.00 Å². The summed E-state index contributed by atoms with van der Waals surface area (Å²) in [5.74, 6) is 0.0186. The number of halogens is 2. The van der Waals surface area contributed by atoms with Crippen LogP contribution in [0.15, 0.2) is 53.9 Å². The molecule has 3 aromatic rings. The lowest BCUT2D eigenvalue weighted by Crippen LogP contribution is -2.15. The van der Waals surface area contributed by atoms with E-state index in [-0.39, 0.29) is 18.9 Å². The van der Waals surface area contributed by atoms with E-state index in [4.69, 9.17) is 32.7 Å². The number of amides is 1. The van der Waals surface area contributed by atoms with Crippen LogP contribution in [-0.2, 0) is 9.53 Å². The summed E-state index contributed by atoms with van der Waals surface area (Å²) < 4.78 is 10.8. The van der Waals surface area contributed by atoms with E-state index in [1.54, 1.807) is 43.3 Å². The number of benzene rings is 2. The highest BCUT2D eigenvalue weighted by Gasteiger charge is 2.22. The summed E-state index contributed by atoms with van der Waals surface area (Å²) in [5.41, 5.74) is 1.86. The Morgan fingerprint density at radius 1 is 1.00 bits per heavy atom. The van der Waals surface area contributed by atoms with E-state index in [0.717, 1.165) is 5.56 Å². The number of carbonyl (C=O) groups excluding carboxylic acids is 2. The molecule has 1 aromatic heterocycles. The van der Waals surface area contributed by atoms with Crippen LogP contribution in [-0.4, -0.2) is 25.1 Å². The second kappa shape index (κ2) is 11.2. The highest BCUT2D eigenvalue weighted by Crippen LogP contribution is 2.36. The average molecular weight is 478 g/mol. The maximum Gasteiger partial charge on any atom is 0.341 e. The average Bonchev–Trinajstić information content (AvgIpc) is 3.16. The second-order valence-electron chi connectivity index (χ2n) is 6.53. The molecule has 0 spiro atoms. The Morgan fingerprint density at radius 3 is 2.29 bits per heavy atom. The summed E-state index contributed by atoms with van der Waals surface area (Å²) in [7, 11) is 0. The number of thiophene rings is 1. The summed E-state index contributed by atoms with van der Waals surface area (Å²) >= 11 is 13.1. The lowest BCUT2D eigenvalue weighted by atomic mass is 10.0. The van der Waals surface area contributed by atoms with Gasteiger partial charge in [0.05, 0.1) is 13.2 Å². The van der Waals surface area contributed by atoms with Crippen molar-refractivity contribution < 1.29 is 19.1 Å². The zero-order chi connectivity index (χ0) is 22.2. The Balaban J connectivity index is 1.64. The van der Waals surface area contributed by atoms with Crippen molar-refractivity contribution in [1.29, 1.82) is 0 Å². The lowest BCUT2D eigenvalue weighted by molar-refractivity contribution is -0.116. The molecule has 0 aliphatic carbocycles. The Hall–Kier alpha value is -2.54. The normalized spacial score (nSPS) is 10.5. The summed E-state index contributed by atoms with van der Waals surface area (Å²) in [6.07, 6.45) is 0.780. The first-order valence-corrected chi connectivity index (χ1v) is 11.3. The third-order valence-corrected chi connectivity index (χ3v) is 5.71. The van der Waals surface area contributed by atoms with Crippen LogP contribution in [0.1, 0.15) is 30.1 Å². The highest BCUT2D eigenvalue weighted by atomic mass is 35.5. The number of hydrogen-bond donors (Lipinski definition) is 1. The third-order valence-electron chi connectivity index (χ3n) is 4.31. The number of esters is 1. The molecule has 0 atom stereocenters. The van der Waals surface area contributed by atoms with Gasteiger partial charge in [-0.25, -0.2) is 4.79 Å². The Kier molecular flexibility index (Phi) is 8.35. The van der Waals surface area contributed by atoms with Gasteiger partial charge in [-0.05, 0) is 55.3 Å². The molecule has 0 bridgehead atoms. The lowest BCUT2D eigenvalue weighted by Gasteiger charge is -2.09. The van der Waals surface area contributed by atoms with Crippen molar-refractivity contribution in [3.63, 3.8) is 0 Å². The van der Waals surface area contributed by atoms with Crippen LogP contribution in [0.25, 0.3) is 11.1 Å². The molecule has 3 rings (SSSR count). The fourth-order valence-electron chi connectivity index (χ4n) is 2.84. The predicted octanol–water partition coefficient (Wildman–Crippen LogP) is 6.70. The second-order valence-corrected chi connectivity index (χ2v) is 8.29. The van der Waals surface area contributed by atoms with Crippen LogP contribution in [0.5, 0.6) is 5.75 Å². The molecule has 1 N–H and O–H groups in total. The molecule has 0 aliphatic heterocycles. The van der Waals surface area contributed by atoms with Gasteiger partial charge in [-0.15, -0.1) is 11.3 Å². The molecule has 1 heterocycles. The number of nitrogens with one attached hydrogen (secondary N) is 1. The van der Waals surface area contributed by atoms with Gasteiger partial charge in [0.15, 0.2) is 0 Å². The number of hydrogen-bond acceptors (Lipinski definition) is 5. The van der Waals surface area contributed by atoms with E-state index in [1.165, 1.54) is 11.3 Å². The van der Waals surface area contributed by atoms with E-state index >= 15 is 0 Å². The fourth-order valence-corrected chi connectivity index (χ4v) is 4.07. The smallest absolute Gasteiger partial charge is 0.341 e. The van der Waals surface area contributed by atoms with Crippen molar-refractivity contribution in [2.75, 3.05) is 18.5 Å². The topological polar surface area (TPSA) is 64.6 Å².